The van der Waals surface area contributed by atoms with E-state index in [4.69, 9.17) is 5.73 Å². The summed E-state index contributed by atoms with van der Waals surface area (Å²) in [6.07, 6.45) is 3.81. The van der Waals surface area contributed by atoms with E-state index < -0.39 is 0 Å². The number of benzene rings is 1. The van der Waals surface area contributed by atoms with Gasteiger partial charge in [-0.15, -0.1) is 5.10 Å². The molecule has 4 heteroatoms. The summed E-state index contributed by atoms with van der Waals surface area (Å²) in [5, 5.41) is 8.28. The number of rotatable bonds is 4. The van der Waals surface area contributed by atoms with E-state index in [0.717, 1.165) is 24.2 Å². The fourth-order valence-electron chi connectivity index (χ4n) is 1.69. The fourth-order valence-corrected chi connectivity index (χ4v) is 1.69. The Morgan fingerprint density at radius 1 is 1.24 bits per heavy atom. The first kappa shape index (κ1) is 11.8. The summed E-state index contributed by atoms with van der Waals surface area (Å²) in [5.74, 6) is 0. The van der Waals surface area contributed by atoms with E-state index in [1.165, 1.54) is 11.1 Å². The topological polar surface area (TPSA) is 56.7 Å². The van der Waals surface area contributed by atoms with Crippen molar-refractivity contribution in [3.63, 3.8) is 0 Å². The Kier molecular flexibility index (Phi) is 3.54. The first-order valence-electron chi connectivity index (χ1n) is 5.89. The lowest BCUT2D eigenvalue weighted by Gasteiger charge is -2.03. The summed E-state index contributed by atoms with van der Waals surface area (Å²) < 4.78 is 1.82. The van der Waals surface area contributed by atoms with Gasteiger partial charge >= 0.3 is 0 Å². The van der Waals surface area contributed by atoms with Crippen molar-refractivity contribution in [3.05, 3.63) is 41.2 Å². The van der Waals surface area contributed by atoms with E-state index >= 15 is 0 Å². The van der Waals surface area contributed by atoms with Crippen LogP contribution < -0.4 is 5.73 Å². The van der Waals surface area contributed by atoms with Gasteiger partial charge in [-0.05, 0) is 56.5 Å². The zero-order valence-electron chi connectivity index (χ0n) is 10.3. The molecule has 0 bridgehead atoms. The molecule has 0 saturated carbocycles. The summed E-state index contributed by atoms with van der Waals surface area (Å²) in [6.45, 7) is 4.90. The van der Waals surface area contributed by atoms with Crippen molar-refractivity contribution in [2.45, 2.75) is 26.7 Å². The first-order chi connectivity index (χ1) is 8.20. The highest BCUT2D eigenvalue weighted by Gasteiger charge is 2.03. The summed E-state index contributed by atoms with van der Waals surface area (Å²) in [4.78, 5) is 0. The SMILES string of the molecule is Cc1ccc(-n2cc(CCCN)nn2)cc1C. The molecule has 2 rings (SSSR count). The van der Waals surface area contributed by atoms with Crippen molar-refractivity contribution in [3.8, 4) is 5.69 Å². The van der Waals surface area contributed by atoms with Crippen LogP contribution in [0.4, 0.5) is 0 Å². The van der Waals surface area contributed by atoms with Crippen molar-refractivity contribution >= 4 is 0 Å². The van der Waals surface area contributed by atoms with E-state index in [9.17, 15) is 0 Å². The predicted molar refractivity (Wildman–Crippen MR) is 68.2 cm³/mol. The number of aromatic nitrogens is 3. The molecule has 0 unspecified atom stereocenters. The Bertz CT molecular complexity index is 502. The minimum Gasteiger partial charge on any atom is -0.330 e. The minimum atomic E-state index is 0.691. The molecule has 0 aliphatic heterocycles. The number of nitrogens with two attached hydrogens (primary N) is 1. The molecule has 0 radical (unpaired) electrons. The Morgan fingerprint density at radius 3 is 2.76 bits per heavy atom. The molecule has 0 atom stereocenters. The van der Waals surface area contributed by atoms with Gasteiger partial charge < -0.3 is 5.73 Å². The summed E-state index contributed by atoms with van der Waals surface area (Å²) in [6, 6.07) is 6.28. The molecule has 0 spiro atoms. The lowest BCUT2D eigenvalue weighted by Crippen LogP contribution is -2.00. The van der Waals surface area contributed by atoms with Gasteiger partial charge in [0.1, 0.15) is 0 Å². The molecule has 0 aliphatic carbocycles. The molecular weight excluding hydrogens is 212 g/mol. The minimum absolute atomic E-state index is 0.691. The average Bonchev–Trinajstić information content (AvgIpc) is 2.79. The van der Waals surface area contributed by atoms with Gasteiger partial charge in [-0.3, -0.25) is 0 Å². The Balaban J connectivity index is 2.21. The van der Waals surface area contributed by atoms with Gasteiger partial charge in [-0.1, -0.05) is 11.3 Å². The van der Waals surface area contributed by atoms with Crippen LogP contribution in [-0.4, -0.2) is 21.5 Å². The first-order valence-corrected chi connectivity index (χ1v) is 5.89. The monoisotopic (exact) mass is 230 g/mol. The molecule has 0 saturated heterocycles. The fraction of sp³-hybridized carbons (Fsp3) is 0.385. The molecule has 2 N–H and O–H groups in total. The Labute approximate surface area is 101 Å². The van der Waals surface area contributed by atoms with Crippen LogP contribution in [0.1, 0.15) is 23.2 Å². The third-order valence-electron chi connectivity index (χ3n) is 2.93. The number of hydrogen-bond donors (Lipinski definition) is 1. The second kappa shape index (κ2) is 5.10. The number of aryl methyl sites for hydroxylation is 3. The maximum Gasteiger partial charge on any atom is 0.0832 e. The molecule has 0 aliphatic rings. The lowest BCUT2D eigenvalue weighted by molar-refractivity contribution is 0.778. The molecule has 4 nitrogen and oxygen atoms in total. The molecule has 2 aromatic rings. The van der Waals surface area contributed by atoms with Gasteiger partial charge in [0.2, 0.25) is 0 Å². The molecule has 1 aromatic carbocycles. The van der Waals surface area contributed by atoms with Gasteiger partial charge in [0.05, 0.1) is 17.6 Å². The Morgan fingerprint density at radius 2 is 2.06 bits per heavy atom. The second-order valence-electron chi connectivity index (χ2n) is 4.32. The highest BCUT2D eigenvalue weighted by molar-refractivity contribution is 5.38. The van der Waals surface area contributed by atoms with E-state index in [1.54, 1.807) is 0 Å². The molecule has 90 valence electrons. The van der Waals surface area contributed by atoms with Crippen LogP contribution in [0.2, 0.25) is 0 Å². The molecular formula is C13H18N4. The third-order valence-corrected chi connectivity index (χ3v) is 2.93. The number of nitrogens with zero attached hydrogens (tertiary/aromatic N) is 3. The average molecular weight is 230 g/mol. The number of hydrogen-bond acceptors (Lipinski definition) is 3. The summed E-state index contributed by atoms with van der Waals surface area (Å²) in [5.41, 5.74) is 10.1. The molecule has 1 aromatic heterocycles. The second-order valence-corrected chi connectivity index (χ2v) is 4.32. The zero-order valence-corrected chi connectivity index (χ0v) is 10.3. The van der Waals surface area contributed by atoms with Crippen LogP contribution in [0, 0.1) is 13.8 Å². The van der Waals surface area contributed by atoms with E-state index in [2.05, 4.69) is 42.4 Å². The highest BCUT2D eigenvalue weighted by atomic mass is 15.4. The quantitative estimate of drug-likeness (QED) is 0.871. The van der Waals surface area contributed by atoms with Gasteiger partial charge in [0.25, 0.3) is 0 Å². The Hall–Kier alpha value is -1.68. The molecule has 0 amide bonds. The summed E-state index contributed by atoms with van der Waals surface area (Å²) >= 11 is 0. The smallest absolute Gasteiger partial charge is 0.0832 e. The maximum atomic E-state index is 5.48. The van der Waals surface area contributed by atoms with E-state index in [1.807, 2.05) is 10.9 Å². The standard InChI is InChI=1S/C13H18N4/c1-10-5-6-13(8-11(10)2)17-9-12(15-16-17)4-3-7-14/h5-6,8-9H,3-4,7,14H2,1-2H3. The van der Waals surface area contributed by atoms with Crippen molar-refractivity contribution in [1.82, 2.24) is 15.0 Å². The van der Waals surface area contributed by atoms with E-state index in [-0.39, 0.29) is 0 Å². The van der Waals surface area contributed by atoms with E-state index in [0.29, 0.717) is 6.54 Å². The van der Waals surface area contributed by atoms with Crippen molar-refractivity contribution < 1.29 is 0 Å². The van der Waals surface area contributed by atoms with Crippen molar-refractivity contribution in [1.29, 1.82) is 0 Å². The third kappa shape index (κ3) is 2.71. The zero-order chi connectivity index (χ0) is 12.3. The molecule has 17 heavy (non-hydrogen) atoms. The van der Waals surface area contributed by atoms with Crippen LogP contribution in [0.25, 0.3) is 5.69 Å². The van der Waals surface area contributed by atoms with Crippen LogP contribution in [-0.2, 0) is 6.42 Å². The van der Waals surface area contributed by atoms with Gasteiger partial charge in [0.15, 0.2) is 0 Å². The normalized spacial score (nSPS) is 10.8. The molecule has 1 heterocycles. The van der Waals surface area contributed by atoms with Crippen LogP contribution in [0.5, 0.6) is 0 Å². The largest absolute Gasteiger partial charge is 0.330 e. The van der Waals surface area contributed by atoms with Crippen LogP contribution >= 0.6 is 0 Å². The van der Waals surface area contributed by atoms with Gasteiger partial charge in [-0.25, -0.2) is 4.68 Å². The highest BCUT2D eigenvalue weighted by Crippen LogP contribution is 2.13. The van der Waals surface area contributed by atoms with Crippen molar-refractivity contribution in [2.75, 3.05) is 6.54 Å². The van der Waals surface area contributed by atoms with Crippen molar-refractivity contribution in [2.24, 2.45) is 5.73 Å². The summed E-state index contributed by atoms with van der Waals surface area (Å²) in [7, 11) is 0. The van der Waals surface area contributed by atoms with Crippen LogP contribution in [0.3, 0.4) is 0 Å². The predicted octanol–water partition coefficient (Wildman–Crippen LogP) is 1.78. The maximum absolute atomic E-state index is 5.48. The molecule has 0 fully saturated rings. The van der Waals surface area contributed by atoms with Gasteiger partial charge in [0, 0.05) is 0 Å². The lowest BCUT2D eigenvalue weighted by atomic mass is 10.1. The van der Waals surface area contributed by atoms with Gasteiger partial charge in [-0.2, -0.15) is 0 Å². The van der Waals surface area contributed by atoms with Crippen LogP contribution in [0.15, 0.2) is 24.4 Å².